The number of urea groups is 1. The van der Waals surface area contributed by atoms with Gasteiger partial charge in [-0.25, -0.2) is 17.9 Å². The fraction of sp³-hybridized carbons (Fsp3) is 0.0909. The molecule has 2 rings (SSSR count). The van der Waals surface area contributed by atoms with Crippen LogP contribution in [0.5, 0.6) is 0 Å². The number of carbonyl (C=O) groups is 1. The maximum absolute atomic E-state index is 11.7. The zero-order valence-corrected chi connectivity index (χ0v) is 11.4. The molecule has 0 unspecified atom stereocenters. The van der Waals surface area contributed by atoms with E-state index in [1.807, 2.05) is 4.72 Å². The highest BCUT2D eigenvalue weighted by molar-refractivity contribution is 7.92. The molecule has 0 bridgehead atoms. The molecule has 2 aromatic rings. The highest BCUT2D eigenvalue weighted by atomic mass is 32.2. The number of nitrogens with one attached hydrogen (secondary N) is 2. The number of nitrogens with zero attached hydrogens (tertiary/aromatic N) is 1. The Kier molecular flexibility index (Phi) is 4.13. The van der Waals surface area contributed by atoms with Crippen molar-refractivity contribution in [2.75, 3.05) is 0 Å². The third-order valence-electron chi connectivity index (χ3n) is 2.19. The summed E-state index contributed by atoms with van der Waals surface area (Å²) in [5.74, 6) is 0. The average Bonchev–Trinajstić information content (AvgIpc) is 2.92. The number of sulfonamides is 1. The number of hydrogen-bond acceptors (Lipinski definition) is 5. The number of rotatable bonds is 4. The first-order chi connectivity index (χ1) is 9.08. The van der Waals surface area contributed by atoms with Crippen molar-refractivity contribution in [2.45, 2.75) is 10.8 Å². The Hall–Kier alpha value is -1.93. The van der Waals surface area contributed by atoms with Crippen LogP contribution in [0.4, 0.5) is 4.79 Å². The number of pyridine rings is 1. The molecule has 0 saturated carbocycles. The van der Waals surface area contributed by atoms with Crippen molar-refractivity contribution in [2.24, 2.45) is 0 Å². The molecule has 2 heterocycles. The quantitative estimate of drug-likeness (QED) is 0.891. The molecule has 2 aromatic heterocycles. The smallest absolute Gasteiger partial charge is 0.328 e. The molecule has 8 heteroatoms. The van der Waals surface area contributed by atoms with Gasteiger partial charge in [0.1, 0.15) is 4.21 Å². The van der Waals surface area contributed by atoms with Gasteiger partial charge in [-0.05, 0) is 29.1 Å². The monoisotopic (exact) mass is 297 g/mol. The van der Waals surface area contributed by atoms with Gasteiger partial charge in [0, 0.05) is 18.9 Å². The van der Waals surface area contributed by atoms with Gasteiger partial charge in [-0.1, -0.05) is 6.07 Å². The molecular weight excluding hydrogens is 286 g/mol. The van der Waals surface area contributed by atoms with Crippen LogP contribution < -0.4 is 10.0 Å². The molecule has 0 aliphatic heterocycles. The van der Waals surface area contributed by atoms with E-state index in [0.29, 0.717) is 0 Å². The predicted molar refractivity (Wildman–Crippen MR) is 71.1 cm³/mol. The van der Waals surface area contributed by atoms with Gasteiger partial charge in [-0.2, -0.15) is 0 Å². The lowest BCUT2D eigenvalue weighted by Crippen LogP contribution is -2.38. The van der Waals surface area contributed by atoms with Crippen LogP contribution in [0.25, 0.3) is 0 Å². The second kappa shape index (κ2) is 5.81. The van der Waals surface area contributed by atoms with E-state index in [4.69, 9.17) is 0 Å². The summed E-state index contributed by atoms with van der Waals surface area (Å²) in [5, 5.41) is 4.09. The summed E-state index contributed by atoms with van der Waals surface area (Å²) in [4.78, 5) is 15.4. The molecule has 2 amide bonds. The summed E-state index contributed by atoms with van der Waals surface area (Å²) in [6.07, 6.45) is 3.19. The lowest BCUT2D eigenvalue weighted by molar-refractivity contribution is 0.245. The van der Waals surface area contributed by atoms with E-state index in [9.17, 15) is 13.2 Å². The molecule has 0 aromatic carbocycles. The largest absolute Gasteiger partial charge is 0.333 e. The molecule has 2 N–H and O–H groups in total. The molecule has 0 aliphatic rings. The van der Waals surface area contributed by atoms with Crippen molar-refractivity contribution in [3.8, 4) is 0 Å². The highest BCUT2D eigenvalue weighted by Gasteiger charge is 2.17. The van der Waals surface area contributed by atoms with E-state index in [1.165, 1.54) is 6.07 Å². The summed E-state index contributed by atoms with van der Waals surface area (Å²) in [7, 11) is -3.78. The van der Waals surface area contributed by atoms with Gasteiger partial charge in [0.25, 0.3) is 10.0 Å². The molecule has 0 spiro atoms. The van der Waals surface area contributed by atoms with Crippen molar-refractivity contribution in [1.29, 1.82) is 0 Å². The highest BCUT2D eigenvalue weighted by Crippen LogP contribution is 2.14. The fourth-order valence-electron chi connectivity index (χ4n) is 1.31. The van der Waals surface area contributed by atoms with Crippen molar-refractivity contribution in [3.63, 3.8) is 0 Å². The zero-order valence-electron chi connectivity index (χ0n) is 9.74. The second-order valence-electron chi connectivity index (χ2n) is 3.58. The summed E-state index contributed by atoms with van der Waals surface area (Å²) in [6, 6.07) is 5.74. The van der Waals surface area contributed by atoms with Crippen LogP contribution in [0, 0.1) is 0 Å². The summed E-state index contributed by atoms with van der Waals surface area (Å²) < 4.78 is 25.5. The molecule has 6 nitrogen and oxygen atoms in total. The molecule has 0 fully saturated rings. The van der Waals surface area contributed by atoms with E-state index >= 15 is 0 Å². The van der Waals surface area contributed by atoms with Gasteiger partial charge < -0.3 is 5.32 Å². The second-order valence-corrected chi connectivity index (χ2v) is 6.43. The summed E-state index contributed by atoms with van der Waals surface area (Å²) in [5.41, 5.74) is 0.832. The van der Waals surface area contributed by atoms with Gasteiger partial charge in [-0.15, -0.1) is 11.3 Å². The van der Waals surface area contributed by atoms with Crippen LogP contribution in [0.1, 0.15) is 5.56 Å². The van der Waals surface area contributed by atoms with Crippen molar-refractivity contribution >= 4 is 27.4 Å². The van der Waals surface area contributed by atoms with Crippen LogP contribution in [0.3, 0.4) is 0 Å². The number of carbonyl (C=O) groups excluding carboxylic acids is 1. The molecule has 0 radical (unpaired) electrons. The Morgan fingerprint density at radius 2 is 2.00 bits per heavy atom. The minimum Gasteiger partial charge on any atom is -0.333 e. The molecular formula is C11H11N3O3S2. The Bertz CT molecular complexity index is 639. The van der Waals surface area contributed by atoms with E-state index in [0.717, 1.165) is 16.9 Å². The molecule has 100 valence electrons. The van der Waals surface area contributed by atoms with E-state index in [-0.39, 0.29) is 10.8 Å². The van der Waals surface area contributed by atoms with Gasteiger partial charge in [0.15, 0.2) is 0 Å². The van der Waals surface area contributed by atoms with E-state index < -0.39 is 16.1 Å². The molecule has 0 aliphatic carbocycles. The Morgan fingerprint density at radius 3 is 2.63 bits per heavy atom. The number of thiophene rings is 1. The lowest BCUT2D eigenvalue weighted by atomic mass is 10.3. The fourth-order valence-corrected chi connectivity index (χ4v) is 3.23. The van der Waals surface area contributed by atoms with Crippen LogP contribution in [-0.4, -0.2) is 19.4 Å². The third kappa shape index (κ3) is 3.76. The SMILES string of the molecule is O=C(NCc1ccncc1)NS(=O)(=O)c1cccs1. The Labute approximate surface area is 114 Å². The van der Waals surface area contributed by atoms with Gasteiger partial charge >= 0.3 is 6.03 Å². The van der Waals surface area contributed by atoms with Crippen molar-refractivity contribution < 1.29 is 13.2 Å². The number of aromatic nitrogens is 1. The summed E-state index contributed by atoms with van der Waals surface area (Å²) in [6.45, 7) is 0.230. The van der Waals surface area contributed by atoms with Crippen LogP contribution in [-0.2, 0) is 16.6 Å². The maximum atomic E-state index is 11.7. The van der Waals surface area contributed by atoms with Gasteiger partial charge in [-0.3, -0.25) is 4.98 Å². The van der Waals surface area contributed by atoms with E-state index in [2.05, 4.69) is 10.3 Å². The van der Waals surface area contributed by atoms with Gasteiger partial charge in [0.05, 0.1) is 0 Å². The Balaban J connectivity index is 1.92. The van der Waals surface area contributed by atoms with Crippen LogP contribution in [0.2, 0.25) is 0 Å². The molecule has 19 heavy (non-hydrogen) atoms. The predicted octanol–water partition coefficient (Wildman–Crippen LogP) is 1.33. The lowest BCUT2D eigenvalue weighted by Gasteiger charge is -2.07. The van der Waals surface area contributed by atoms with Crippen molar-refractivity contribution in [1.82, 2.24) is 15.0 Å². The first-order valence-corrected chi connectivity index (χ1v) is 7.67. The van der Waals surface area contributed by atoms with E-state index in [1.54, 1.807) is 36.0 Å². The first kappa shape index (κ1) is 13.5. The van der Waals surface area contributed by atoms with Crippen molar-refractivity contribution in [3.05, 3.63) is 47.6 Å². The van der Waals surface area contributed by atoms with Crippen LogP contribution >= 0.6 is 11.3 Å². The molecule has 0 saturated heterocycles. The topological polar surface area (TPSA) is 88.2 Å². The Morgan fingerprint density at radius 1 is 1.26 bits per heavy atom. The standard InChI is InChI=1S/C11H11N3O3S2/c15-11(13-8-9-3-5-12-6-4-9)14-19(16,17)10-2-1-7-18-10/h1-7H,8H2,(H2,13,14,15). The minimum absolute atomic E-state index is 0.103. The average molecular weight is 297 g/mol. The normalized spacial score (nSPS) is 10.9. The number of hydrogen-bond donors (Lipinski definition) is 2. The molecule has 0 atom stereocenters. The van der Waals surface area contributed by atoms with Gasteiger partial charge in [0.2, 0.25) is 0 Å². The zero-order chi connectivity index (χ0) is 13.7. The minimum atomic E-state index is -3.78. The summed E-state index contributed by atoms with van der Waals surface area (Å²) >= 11 is 1.05. The number of amides is 2. The maximum Gasteiger partial charge on any atom is 0.328 e. The first-order valence-electron chi connectivity index (χ1n) is 5.31. The third-order valence-corrected chi connectivity index (χ3v) is 4.92. The van der Waals surface area contributed by atoms with Crippen LogP contribution in [0.15, 0.2) is 46.2 Å².